The lowest BCUT2D eigenvalue weighted by Crippen LogP contribution is -2.55. The van der Waals surface area contributed by atoms with Crippen LogP contribution in [0.4, 0.5) is 4.39 Å². The van der Waals surface area contributed by atoms with Crippen molar-refractivity contribution in [1.82, 2.24) is 20.6 Å². The van der Waals surface area contributed by atoms with Crippen molar-refractivity contribution in [2.75, 3.05) is 32.8 Å². The predicted molar refractivity (Wildman–Crippen MR) is 115 cm³/mol. The SMILES string of the molecule is CC(C)C(=O)N1CCC(C2NOC(C3CCC(F)C(N4CCOC5(CC5)C4)C3)N2)CC1. The van der Waals surface area contributed by atoms with Crippen LogP contribution in [-0.4, -0.2) is 78.7 Å². The Bertz CT molecular complexity index is 653. The Hall–Kier alpha value is -0.800. The van der Waals surface area contributed by atoms with E-state index in [1.165, 1.54) is 0 Å². The molecular weight excluding hydrogens is 399 g/mol. The summed E-state index contributed by atoms with van der Waals surface area (Å²) < 4.78 is 20.8. The summed E-state index contributed by atoms with van der Waals surface area (Å²) in [5.41, 5.74) is 3.26. The molecule has 0 bridgehead atoms. The molecule has 8 heteroatoms. The summed E-state index contributed by atoms with van der Waals surface area (Å²) in [5, 5.41) is 3.66. The highest BCUT2D eigenvalue weighted by atomic mass is 19.1. The minimum Gasteiger partial charge on any atom is -0.372 e. The zero-order valence-corrected chi connectivity index (χ0v) is 19.0. The van der Waals surface area contributed by atoms with Crippen LogP contribution in [0, 0.1) is 17.8 Å². The van der Waals surface area contributed by atoms with Crippen LogP contribution in [-0.2, 0) is 14.4 Å². The molecule has 0 aromatic rings. The van der Waals surface area contributed by atoms with Gasteiger partial charge in [0.15, 0.2) is 0 Å². The van der Waals surface area contributed by atoms with Crippen molar-refractivity contribution in [3.8, 4) is 0 Å². The number of hydroxylamine groups is 1. The molecule has 2 saturated carbocycles. The number of carbonyl (C=O) groups is 1. The quantitative estimate of drug-likeness (QED) is 0.700. The van der Waals surface area contributed by atoms with Gasteiger partial charge in [-0.3, -0.25) is 19.8 Å². The standard InChI is InChI=1S/C23H39FN4O3/c1-15(2)22(29)27-9-5-16(6-10-27)20-25-21(31-26-20)17-3-4-18(24)19(13-17)28-11-12-30-23(14-28)7-8-23/h15-21,25-26H,3-14H2,1-2H3. The summed E-state index contributed by atoms with van der Waals surface area (Å²) in [6, 6.07) is -0.0186. The van der Waals surface area contributed by atoms with Gasteiger partial charge in [-0.15, -0.1) is 0 Å². The molecule has 0 radical (unpaired) electrons. The maximum Gasteiger partial charge on any atom is 0.225 e. The van der Waals surface area contributed by atoms with Crippen LogP contribution >= 0.6 is 0 Å². The number of carbonyl (C=O) groups excluding carboxylic acids is 1. The van der Waals surface area contributed by atoms with E-state index in [1.807, 2.05) is 18.7 Å². The highest BCUT2D eigenvalue weighted by Crippen LogP contribution is 2.44. The van der Waals surface area contributed by atoms with Gasteiger partial charge in [0.2, 0.25) is 5.91 Å². The van der Waals surface area contributed by atoms with E-state index < -0.39 is 6.17 Å². The Morgan fingerprint density at radius 2 is 1.87 bits per heavy atom. The number of nitrogens with zero attached hydrogens (tertiary/aromatic N) is 2. The number of ether oxygens (including phenoxy) is 1. The Kier molecular flexibility index (Phi) is 6.29. The van der Waals surface area contributed by atoms with Crippen molar-refractivity contribution in [3.05, 3.63) is 0 Å². The molecule has 5 aliphatic rings. The first-order valence-electron chi connectivity index (χ1n) is 12.4. The molecule has 3 heterocycles. The van der Waals surface area contributed by atoms with Crippen LogP contribution in [0.25, 0.3) is 0 Å². The van der Waals surface area contributed by atoms with Gasteiger partial charge in [-0.1, -0.05) is 13.8 Å². The molecule has 1 spiro atoms. The second-order valence-electron chi connectivity index (χ2n) is 10.8. The van der Waals surface area contributed by atoms with Gasteiger partial charge in [-0.2, -0.15) is 5.48 Å². The van der Waals surface area contributed by atoms with Crippen LogP contribution in [0.1, 0.15) is 58.8 Å². The minimum atomic E-state index is -0.752. The van der Waals surface area contributed by atoms with Gasteiger partial charge in [0.05, 0.1) is 18.4 Å². The third-order valence-electron chi connectivity index (χ3n) is 8.24. The molecule has 1 amide bonds. The van der Waals surface area contributed by atoms with Crippen LogP contribution < -0.4 is 10.8 Å². The Labute approximate surface area is 185 Å². The first-order chi connectivity index (χ1) is 14.9. The fourth-order valence-electron chi connectivity index (χ4n) is 6.07. The van der Waals surface area contributed by atoms with Gasteiger partial charge in [-0.05, 0) is 50.9 Å². The lowest BCUT2D eigenvalue weighted by atomic mass is 9.82. The molecular formula is C23H39FN4O3. The van der Waals surface area contributed by atoms with Crippen molar-refractivity contribution >= 4 is 5.91 Å². The highest BCUT2D eigenvalue weighted by Gasteiger charge is 2.50. The molecule has 5 atom stereocenters. The summed E-state index contributed by atoms with van der Waals surface area (Å²) in [6.07, 6.45) is 5.82. The number of nitrogens with one attached hydrogen (secondary N) is 2. The van der Waals surface area contributed by atoms with Gasteiger partial charge < -0.3 is 9.64 Å². The molecule has 2 N–H and O–H groups in total. The normalized spacial score (nSPS) is 39.4. The minimum absolute atomic E-state index is 0.0186. The van der Waals surface area contributed by atoms with E-state index in [0.717, 1.165) is 71.3 Å². The number of piperidine rings is 1. The van der Waals surface area contributed by atoms with E-state index in [4.69, 9.17) is 9.57 Å². The molecule has 5 unspecified atom stereocenters. The summed E-state index contributed by atoms with van der Waals surface area (Å²) in [7, 11) is 0. The number of rotatable bonds is 4. The molecule has 31 heavy (non-hydrogen) atoms. The van der Waals surface area contributed by atoms with Crippen molar-refractivity contribution in [2.24, 2.45) is 17.8 Å². The second kappa shape index (κ2) is 8.86. The zero-order valence-electron chi connectivity index (χ0n) is 19.0. The molecule has 0 aromatic carbocycles. The molecule has 7 nitrogen and oxygen atoms in total. The van der Waals surface area contributed by atoms with Crippen molar-refractivity contribution in [3.63, 3.8) is 0 Å². The number of likely N-dealkylation sites (tertiary alicyclic amines) is 1. The molecule has 176 valence electrons. The molecule has 0 aromatic heterocycles. The molecule has 5 rings (SSSR count). The van der Waals surface area contributed by atoms with E-state index in [9.17, 15) is 9.18 Å². The van der Waals surface area contributed by atoms with Gasteiger partial charge in [0.25, 0.3) is 0 Å². The number of halogens is 1. The van der Waals surface area contributed by atoms with E-state index in [2.05, 4.69) is 15.7 Å². The van der Waals surface area contributed by atoms with Crippen LogP contribution in [0.15, 0.2) is 0 Å². The van der Waals surface area contributed by atoms with Crippen LogP contribution in [0.5, 0.6) is 0 Å². The topological polar surface area (TPSA) is 66.1 Å². The molecule has 2 aliphatic carbocycles. The van der Waals surface area contributed by atoms with Gasteiger partial charge >= 0.3 is 0 Å². The average Bonchev–Trinajstić information content (AvgIpc) is 3.33. The summed E-state index contributed by atoms with van der Waals surface area (Å²) >= 11 is 0. The number of morpholine rings is 1. The second-order valence-corrected chi connectivity index (χ2v) is 10.8. The first-order valence-corrected chi connectivity index (χ1v) is 12.4. The van der Waals surface area contributed by atoms with Gasteiger partial charge in [0, 0.05) is 44.1 Å². The van der Waals surface area contributed by atoms with Crippen molar-refractivity contribution in [2.45, 2.75) is 89.0 Å². The highest BCUT2D eigenvalue weighted by molar-refractivity contribution is 5.78. The average molecular weight is 439 g/mol. The zero-order chi connectivity index (χ0) is 21.6. The molecule has 5 fully saturated rings. The number of hydrogen-bond acceptors (Lipinski definition) is 6. The van der Waals surface area contributed by atoms with E-state index >= 15 is 0 Å². The van der Waals surface area contributed by atoms with Crippen LogP contribution in [0.3, 0.4) is 0 Å². The van der Waals surface area contributed by atoms with Crippen LogP contribution in [0.2, 0.25) is 0 Å². The van der Waals surface area contributed by atoms with E-state index in [-0.39, 0.29) is 35.9 Å². The smallest absolute Gasteiger partial charge is 0.225 e. The van der Waals surface area contributed by atoms with Crippen molar-refractivity contribution in [1.29, 1.82) is 0 Å². The van der Waals surface area contributed by atoms with E-state index in [0.29, 0.717) is 18.3 Å². The summed E-state index contributed by atoms with van der Waals surface area (Å²) in [6.45, 7) is 8.03. The molecule has 3 saturated heterocycles. The Morgan fingerprint density at radius 1 is 1.10 bits per heavy atom. The fourth-order valence-corrected chi connectivity index (χ4v) is 6.07. The number of amides is 1. The molecule has 3 aliphatic heterocycles. The Balaban J connectivity index is 1.13. The number of alkyl halides is 1. The van der Waals surface area contributed by atoms with E-state index in [1.54, 1.807) is 0 Å². The third-order valence-corrected chi connectivity index (χ3v) is 8.24. The predicted octanol–water partition coefficient (Wildman–Crippen LogP) is 2.03. The summed E-state index contributed by atoms with van der Waals surface area (Å²) in [5.74, 6) is 1.08. The van der Waals surface area contributed by atoms with Crippen molar-refractivity contribution < 1.29 is 18.8 Å². The summed E-state index contributed by atoms with van der Waals surface area (Å²) in [4.78, 5) is 22.6. The fraction of sp³-hybridized carbons (Fsp3) is 0.957. The van der Waals surface area contributed by atoms with Gasteiger partial charge in [-0.25, -0.2) is 4.39 Å². The van der Waals surface area contributed by atoms with Gasteiger partial charge in [0.1, 0.15) is 12.4 Å². The first kappa shape index (κ1) is 22.0. The maximum atomic E-state index is 14.9. The lowest BCUT2D eigenvalue weighted by Gasteiger charge is -2.44. The third kappa shape index (κ3) is 4.64. The lowest BCUT2D eigenvalue weighted by molar-refractivity contribution is -0.136. The monoisotopic (exact) mass is 438 g/mol. The number of hydrogen-bond donors (Lipinski definition) is 2. The Morgan fingerprint density at radius 3 is 2.58 bits per heavy atom. The largest absolute Gasteiger partial charge is 0.372 e. The maximum absolute atomic E-state index is 14.9.